The topological polar surface area (TPSA) is 84.2 Å². The van der Waals surface area contributed by atoms with Crippen molar-refractivity contribution in [2.75, 3.05) is 32.0 Å². The van der Waals surface area contributed by atoms with Crippen molar-refractivity contribution in [3.05, 3.63) is 34.6 Å². The summed E-state index contributed by atoms with van der Waals surface area (Å²) in [4.78, 5) is 20.9. The van der Waals surface area contributed by atoms with Gasteiger partial charge >= 0.3 is 0 Å². The zero-order valence-electron chi connectivity index (χ0n) is 11.5. The first kappa shape index (κ1) is 14.1. The fourth-order valence-corrected chi connectivity index (χ4v) is 1.82. The second-order valence-electron chi connectivity index (χ2n) is 4.50. The van der Waals surface area contributed by atoms with E-state index in [4.69, 9.17) is 0 Å². The molecular weight excluding hydrogens is 258 g/mol. The summed E-state index contributed by atoms with van der Waals surface area (Å²) in [7, 11) is 2.03. The average molecular weight is 275 g/mol. The second kappa shape index (κ2) is 6.25. The van der Waals surface area contributed by atoms with E-state index < -0.39 is 4.92 Å². The maximum Gasteiger partial charge on any atom is 0.270 e. The molecule has 0 radical (unpaired) electrons. The molecule has 7 nitrogen and oxygen atoms in total. The number of nitro groups is 1. The lowest BCUT2D eigenvalue weighted by Crippen LogP contribution is -2.25. The highest BCUT2D eigenvalue weighted by molar-refractivity contribution is 5.90. The number of non-ortho nitro benzene ring substituents is 1. The summed E-state index contributed by atoms with van der Waals surface area (Å²) >= 11 is 0. The molecule has 2 aromatic rings. The normalized spacial score (nSPS) is 10.9. The summed E-state index contributed by atoms with van der Waals surface area (Å²) in [5.74, 6) is 0.628. The molecule has 0 spiro atoms. The number of hydrogen-bond donors (Lipinski definition) is 1. The van der Waals surface area contributed by atoms with Crippen LogP contribution >= 0.6 is 0 Å². The molecule has 20 heavy (non-hydrogen) atoms. The Kier molecular flexibility index (Phi) is 4.41. The Bertz CT molecular complexity index is 617. The third-order valence-electron chi connectivity index (χ3n) is 3.16. The Morgan fingerprint density at radius 1 is 1.40 bits per heavy atom. The van der Waals surface area contributed by atoms with Gasteiger partial charge in [0.25, 0.3) is 5.69 Å². The van der Waals surface area contributed by atoms with Crippen molar-refractivity contribution in [2.24, 2.45) is 0 Å². The Balaban J connectivity index is 2.23. The zero-order valence-corrected chi connectivity index (χ0v) is 11.5. The maximum atomic E-state index is 10.8. The van der Waals surface area contributed by atoms with Crippen LogP contribution in [-0.2, 0) is 0 Å². The molecule has 2 rings (SSSR count). The minimum Gasteiger partial charge on any atom is -0.368 e. The van der Waals surface area contributed by atoms with Crippen molar-refractivity contribution >= 4 is 22.4 Å². The standard InChI is InChI=1S/C13H17N5O2/c1-3-17(2)7-6-14-13-11-8-10(18(19)20)4-5-12(11)15-9-16-13/h4-5,8-9H,3,6-7H2,1-2H3,(H,14,15,16). The highest BCUT2D eigenvalue weighted by atomic mass is 16.6. The molecule has 1 aromatic carbocycles. The van der Waals surface area contributed by atoms with Crippen LogP contribution in [0.3, 0.4) is 0 Å². The lowest BCUT2D eigenvalue weighted by atomic mass is 10.2. The van der Waals surface area contributed by atoms with Crippen molar-refractivity contribution < 1.29 is 4.92 Å². The van der Waals surface area contributed by atoms with Crippen LogP contribution in [0.1, 0.15) is 6.92 Å². The average Bonchev–Trinajstić information content (AvgIpc) is 2.46. The molecule has 0 aliphatic rings. The van der Waals surface area contributed by atoms with Crippen LogP contribution in [0.5, 0.6) is 0 Å². The minimum absolute atomic E-state index is 0.0426. The molecule has 0 aliphatic carbocycles. The van der Waals surface area contributed by atoms with Crippen molar-refractivity contribution in [3.63, 3.8) is 0 Å². The van der Waals surface area contributed by atoms with E-state index in [-0.39, 0.29) is 5.69 Å². The van der Waals surface area contributed by atoms with Crippen LogP contribution in [0.2, 0.25) is 0 Å². The van der Waals surface area contributed by atoms with Crippen LogP contribution < -0.4 is 5.32 Å². The molecule has 0 saturated carbocycles. The zero-order chi connectivity index (χ0) is 14.5. The number of fused-ring (bicyclic) bond motifs is 1. The largest absolute Gasteiger partial charge is 0.368 e. The van der Waals surface area contributed by atoms with Crippen LogP contribution in [0.25, 0.3) is 10.9 Å². The van der Waals surface area contributed by atoms with E-state index in [0.29, 0.717) is 16.7 Å². The monoisotopic (exact) mass is 275 g/mol. The summed E-state index contributed by atoms with van der Waals surface area (Å²) in [6.07, 6.45) is 1.46. The molecule has 7 heteroatoms. The molecule has 0 unspecified atom stereocenters. The van der Waals surface area contributed by atoms with Gasteiger partial charge in [0, 0.05) is 30.6 Å². The Morgan fingerprint density at radius 3 is 2.90 bits per heavy atom. The molecule has 0 saturated heterocycles. The van der Waals surface area contributed by atoms with Gasteiger partial charge in [0.05, 0.1) is 10.4 Å². The van der Waals surface area contributed by atoms with Crippen LogP contribution in [-0.4, -0.2) is 46.5 Å². The van der Waals surface area contributed by atoms with Gasteiger partial charge in [0.15, 0.2) is 0 Å². The quantitative estimate of drug-likeness (QED) is 0.640. The number of hydrogen-bond acceptors (Lipinski definition) is 6. The fraction of sp³-hybridized carbons (Fsp3) is 0.385. The second-order valence-corrected chi connectivity index (χ2v) is 4.50. The van der Waals surface area contributed by atoms with E-state index in [9.17, 15) is 10.1 Å². The molecular formula is C13H17N5O2. The molecule has 1 heterocycles. The fourth-order valence-electron chi connectivity index (χ4n) is 1.82. The van der Waals surface area contributed by atoms with Crippen molar-refractivity contribution in [1.82, 2.24) is 14.9 Å². The summed E-state index contributed by atoms with van der Waals surface area (Å²) in [6, 6.07) is 4.59. The van der Waals surface area contributed by atoms with Crippen molar-refractivity contribution in [2.45, 2.75) is 6.92 Å². The predicted octanol–water partition coefficient (Wildman–Crippen LogP) is 1.90. The third kappa shape index (κ3) is 3.18. The first-order chi connectivity index (χ1) is 9.61. The van der Waals surface area contributed by atoms with E-state index in [1.807, 2.05) is 7.05 Å². The highest BCUT2D eigenvalue weighted by Crippen LogP contribution is 2.23. The summed E-state index contributed by atoms with van der Waals surface area (Å²) < 4.78 is 0. The Hall–Kier alpha value is -2.28. The highest BCUT2D eigenvalue weighted by Gasteiger charge is 2.10. The summed E-state index contributed by atoms with van der Waals surface area (Å²) in [5, 5.41) is 14.7. The third-order valence-corrected chi connectivity index (χ3v) is 3.16. The number of anilines is 1. The first-order valence-corrected chi connectivity index (χ1v) is 6.43. The molecule has 0 fully saturated rings. The van der Waals surface area contributed by atoms with Crippen LogP contribution in [0.4, 0.5) is 11.5 Å². The number of nitrogens with one attached hydrogen (secondary N) is 1. The number of rotatable bonds is 6. The summed E-state index contributed by atoms with van der Waals surface area (Å²) in [6.45, 7) is 4.65. The SMILES string of the molecule is CCN(C)CCNc1ncnc2ccc([N+](=O)[O-])cc12. The van der Waals surface area contributed by atoms with Gasteiger partial charge in [-0.3, -0.25) is 10.1 Å². The number of nitrogens with zero attached hydrogens (tertiary/aromatic N) is 4. The maximum absolute atomic E-state index is 10.8. The van der Waals surface area contributed by atoms with Gasteiger partial charge in [-0.1, -0.05) is 6.92 Å². The van der Waals surface area contributed by atoms with Crippen molar-refractivity contribution in [3.8, 4) is 0 Å². The molecule has 106 valence electrons. The van der Waals surface area contributed by atoms with E-state index in [1.165, 1.54) is 18.5 Å². The molecule has 0 atom stereocenters. The van der Waals surface area contributed by atoms with Crippen LogP contribution in [0.15, 0.2) is 24.5 Å². The van der Waals surface area contributed by atoms with E-state index in [1.54, 1.807) is 6.07 Å². The van der Waals surface area contributed by atoms with E-state index in [2.05, 4.69) is 27.1 Å². The van der Waals surface area contributed by atoms with Gasteiger partial charge in [0.2, 0.25) is 0 Å². The van der Waals surface area contributed by atoms with Crippen LogP contribution in [0, 0.1) is 10.1 Å². The molecule has 0 aliphatic heterocycles. The first-order valence-electron chi connectivity index (χ1n) is 6.43. The van der Waals surface area contributed by atoms with E-state index in [0.717, 1.165) is 19.6 Å². The van der Waals surface area contributed by atoms with Gasteiger partial charge < -0.3 is 10.2 Å². The number of nitro benzene ring substituents is 1. The van der Waals surface area contributed by atoms with Gasteiger partial charge in [-0.05, 0) is 19.7 Å². The van der Waals surface area contributed by atoms with Gasteiger partial charge in [-0.15, -0.1) is 0 Å². The minimum atomic E-state index is -0.416. The molecule has 0 amide bonds. The predicted molar refractivity (Wildman–Crippen MR) is 77.9 cm³/mol. The number of benzene rings is 1. The molecule has 1 aromatic heterocycles. The van der Waals surface area contributed by atoms with Crippen molar-refractivity contribution in [1.29, 1.82) is 0 Å². The number of aromatic nitrogens is 2. The molecule has 1 N–H and O–H groups in total. The number of likely N-dealkylation sites (N-methyl/N-ethyl adjacent to an activating group) is 1. The lowest BCUT2D eigenvalue weighted by Gasteiger charge is -2.14. The Labute approximate surface area is 116 Å². The summed E-state index contributed by atoms with van der Waals surface area (Å²) in [5.41, 5.74) is 0.734. The van der Waals surface area contributed by atoms with Gasteiger partial charge in [0.1, 0.15) is 12.1 Å². The smallest absolute Gasteiger partial charge is 0.270 e. The van der Waals surface area contributed by atoms with Gasteiger partial charge in [-0.2, -0.15) is 0 Å². The molecule has 0 bridgehead atoms. The lowest BCUT2D eigenvalue weighted by molar-refractivity contribution is -0.384. The van der Waals surface area contributed by atoms with Gasteiger partial charge in [-0.25, -0.2) is 9.97 Å². The van der Waals surface area contributed by atoms with E-state index >= 15 is 0 Å². The Morgan fingerprint density at radius 2 is 2.20 bits per heavy atom.